The summed E-state index contributed by atoms with van der Waals surface area (Å²) in [6, 6.07) is 0.399. The van der Waals surface area contributed by atoms with Crippen molar-refractivity contribution in [2.45, 2.75) is 31.5 Å². The van der Waals surface area contributed by atoms with Crippen LogP contribution in [0.5, 0.6) is 5.88 Å². The van der Waals surface area contributed by atoms with E-state index >= 15 is 0 Å². The fraction of sp³-hybridized carbons (Fsp3) is 0.556. The maximum atomic E-state index is 5.75. The van der Waals surface area contributed by atoms with Gasteiger partial charge >= 0.3 is 0 Å². The third kappa shape index (κ3) is 2.56. The first-order chi connectivity index (χ1) is 7.29. The smallest absolute Gasteiger partial charge is 0.222 e. The van der Waals surface area contributed by atoms with E-state index in [9.17, 15) is 0 Å². The van der Waals surface area contributed by atoms with Crippen molar-refractivity contribution in [1.29, 1.82) is 0 Å². The van der Waals surface area contributed by atoms with E-state index in [-0.39, 0.29) is 6.23 Å². The van der Waals surface area contributed by atoms with E-state index in [2.05, 4.69) is 27.7 Å². The maximum Gasteiger partial charge on any atom is 0.222 e. The first kappa shape index (κ1) is 10.6. The molecule has 1 fully saturated rings. The molecule has 0 radical (unpaired) electrons. The van der Waals surface area contributed by atoms with Gasteiger partial charge < -0.3 is 4.74 Å². The van der Waals surface area contributed by atoms with E-state index in [1.165, 1.54) is 6.33 Å². The number of aromatic nitrogens is 2. The zero-order chi connectivity index (χ0) is 10.7. The second-order valence-corrected chi connectivity index (χ2v) is 3.79. The third-order valence-electron chi connectivity index (χ3n) is 2.20. The lowest BCUT2D eigenvalue weighted by Gasteiger charge is -2.13. The highest BCUT2D eigenvalue weighted by atomic mass is 35.5. The zero-order valence-electron chi connectivity index (χ0n) is 8.40. The van der Waals surface area contributed by atoms with Crippen LogP contribution in [0.2, 0.25) is 0 Å². The van der Waals surface area contributed by atoms with Crippen LogP contribution in [0.1, 0.15) is 18.9 Å². The highest BCUT2D eigenvalue weighted by Gasteiger charge is 2.22. The second-order valence-electron chi connectivity index (χ2n) is 3.52. The lowest BCUT2D eigenvalue weighted by atomic mass is 10.2. The standard InChI is InChI=1S/C9H13ClN4O/c1-6-2-8(14-13-6)15-9-7(3-10)4-11-5-12-9/h4-6,8,13-14H,2-3H2,1H3. The Bertz CT molecular complexity index is 336. The van der Waals surface area contributed by atoms with Crippen molar-refractivity contribution in [2.75, 3.05) is 0 Å². The van der Waals surface area contributed by atoms with E-state index < -0.39 is 0 Å². The van der Waals surface area contributed by atoms with Gasteiger partial charge in [0.2, 0.25) is 5.88 Å². The Balaban J connectivity index is 2.04. The maximum absolute atomic E-state index is 5.75. The van der Waals surface area contributed by atoms with Gasteiger partial charge in [-0.05, 0) is 6.92 Å². The Morgan fingerprint density at radius 2 is 2.47 bits per heavy atom. The van der Waals surface area contributed by atoms with Crippen LogP contribution in [-0.4, -0.2) is 22.2 Å². The lowest BCUT2D eigenvalue weighted by Crippen LogP contribution is -2.35. The molecule has 1 aliphatic heterocycles. The summed E-state index contributed by atoms with van der Waals surface area (Å²) in [5, 5.41) is 0. The van der Waals surface area contributed by atoms with Crippen molar-refractivity contribution in [1.82, 2.24) is 20.8 Å². The van der Waals surface area contributed by atoms with Crippen molar-refractivity contribution >= 4 is 11.6 Å². The van der Waals surface area contributed by atoms with Gasteiger partial charge in [0.1, 0.15) is 6.33 Å². The molecule has 2 N–H and O–H groups in total. The Morgan fingerprint density at radius 1 is 1.60 bits per heavy atom. The normalized spacial score (nSPS) is 25.5. The number of nitrogens with one attached hydrogen (secondary N) is 2. The zero-order valence-corrected chi connectivity index (χ0v) is 9.16. The van der Waals surface area contributed by atoms with Crippen molar-refractivity contribution < 1.29 is 4.74 Å². The summed E-state index contributed by atoms with van der Waals surface area (Å²) in [7, 11) is 0. The van der Waals surface area contributed by atoms with Gasteiger partial charge in [-0.25, -0.2) is 15.4 Å². The van der Waals surface area contributed by atoms with Gasteiger partial charge in [0.25, 0.3) is 0 Å². The van der Waals surface area contributed by atoms with Crippen molar-refractivity contribution in [3.05, 3.63) is 18.1 Å². The number of ether oxygens (including phenoxy) is 1. The van der Waals surface area contributed by atoms with E-state index in [4.69, 9.17) is 16.3 Å². The van der Waals surface area contributed by atoms with Crippen LogP contribution in [0, 0.1) is 0 Å². The van der Waals surface area contributed by atoms with Gasteiger partial charge in [-0.2, -0.15) is 0 Å². The highest BCUT2D eigenvalue weighted by Crippen LogP contribution is 2.18. The molecule has 0 spiro atoms. The Kier molecular flexibility index (Phi) is 3.35. The summed E-state index contributed by atoms with van der Waals surface area (Å²) in [5.74, 6) is 0.902. The first-order valence-corrected chi connectivity index (χ1v) is 5.35. The fourth-order valence-electron chi connectivity index (χ4n) is 1.43. The van der Waals surface area contributed by atoms with Crippen LogP contribution < -0.4 is 15.6 Å². The molecule has 0 amide bonds. The molecule has 15 heavy (non-hydrogen) atoms. The van der Waals surface area contributed by atoms with Crippen molar-refractivity contribution in [2.24, 2.45) is 0 Å². The van der Waals surface area contributed by atoms with Gasteiger partial charge in [-0.15, -0.1) is 11.6 Å². The predicted molar refractivity (Wildman–Crippen MR) is 56.4 cm³/mol. The molecule has 5 nitrogen and oxygen atoms in total. The van der Waals surface area contributed by atoms with Gasteiger partial charge in [0, 0.05) is 24.2 Å². The molecule has 0 bridgehead atoms. The lowest BCUT2D eigenvalue weighted by molar-refractivity contribution is 0.170. The minimum atomic E-state index is -0.0585. The molecule has 2 atom stereocenters. The predicted octanol–water partition coefficient (Wildman–Crippen LogP) is 0.807. The average Bonchev–Trinajstić information content (AvgIpc) is 2.65. The van der Waals surface area contributed by atoms with E-state index in [1.807, 2.05) is 0 Å². The molecule has 82 valence electrons. The monoisotopic (exact) mass is 228 g/mol. The molecule has 1 aliphatic rings. The molecule has 1 saturated heterocycles. The molecule has 1 aromatic rings. The molecular formula is C9H13ClN4O. The number of rotatable bonds is 3. The SMILES string of the molecule is CC1CC(Oc2ncncc2CCl)NN1. The largest absolute Gasteiger partial charge is 0.457 e. The molecule has 2 unspecified atom stereocenters. The summed E-state index contributed by atoms with van der Waals surface area (Å²) in [4.78, 5) is 7.95. The molecular weight excluding hydrogens is 216 g/mol. The number of halogens is 1. The molecule has 1 aromatic heterocycles. The number of alkyl halides is 1. The van der Waals surface area contributed by atoms with Crippen LogP contribution in [0.25, 0.3) is 0 Å². The summed E-state index contributed by atoms with van der Waals surface area (Å²) >= 11 is 5.75. The van der Waals surface area contributed by atoms with Crippen LogP contribution in [0.4, 0.5) is 0 Å². The van der Waals surface area contributed by atoms with Crippen LogP contribution in [0.15, 0.2) is 12.5 Å². The van der Waals surface area contributed by atoms with Gasteiger partial charge in [-0.1, -0.05) is 0 Å². The van der Waals surface area contributed by atoms with E-state index in [0.29, 0.717) is 17.8 Å². The average molecular weight is 229 g/mol. The minimum Gasteiger partial charge on any atom is -0.457 e. The molecule has 2 rings (SSSR count). The number of hydrogen-bond donors (Lipinski definition) is 2. The van der Waals surface area contributed by atoms with E-state index in [0.717, 1.165) is 12.0 Å². The fourth-order valence-corrected chi connectivity index (χ4v) is 1.61. The Labute approximate surface area is 93.2 Å². The summed E-state index contributed by atoms with van der Waals surface area (Å²) < 4.78 is 5.66. The summed E-state index contributed by atoms with van der Waals surface area (Å²) in [6.45, 7) is 2.08. The molecule has 0 aromatic carbocycles. The van der Waals surface area contributed by atoms with Crippen LogP contribution >= 0.6 is 11.6 Å². The van der Waals surface area contributed by atoms with Crippen molar-refractivity contribution in [3.63, 3.8) is 0 Å². The Hall–Kier alpha value is -0.910. The van der Waals surface area contributed by atoms with Crippen LogP contribution in [0.3, 0.4) is 0 Å². The molecule has 2 heterocycles. The highest BCUT2D eigenvalue weighted by molar-refractivity contribution is 6.17. The summed E-state index contributed by atoms with van der Waals surface area (Å²) in [5.41, 5.74) is 6.91. The molecule has 0 aliphatic carbocycles. The second kappa shape index (κ2) is 4.74. The number of hydrogen-bond acceptors (Lipinski definition) is 5. The van der Waals surface area contributed by atoms with E-state index in [1.54, 1.807) is 6.20 Å². The summed E-state index contributed by atoms with van der Waals surface area (Å²) in [6.07, 6.45) is 3.96. The molecule has 0 saturated carbocycles. The topological polar surface area (TPSA) is 59.1 Å². The van der Waals surface area contributed by atoms with Crippen molar-refractivity contribution in [3.8, 4) is 5.88 Å². The number of hydrazine groups is 1. The number of nitrogens with zero attached hydrogens (tertiary/aromatic N) is 2. The molecule has 6 heteroatoms. The van der Waals surface area contributed by atoms with Crippen LogP contribution in [-0.2, 0) is 5.88 Å². The van der Waals surface area contributed by atoms with Gasteiger partial charge in [-0.3, -0.25) is 5.43 Å². The third-order valence-corrected chi connectivity index (χ3v) is 2.49. The first-order valence-electron chi connectivity index (χ1n) is 4.82. The van der Waals surface area contributed by atoms with Gasteiger partial charge in [0.05, 0.1) is 5.88 Å². The minimum absolute atomic E-state index is 0.0585. The quantitative estimate of drug-likeness (QED) is 0.750. The van der Waals surface area contributed by atoms with Gasteiger partial charge in [0.15, 0.2) is 6.23 Å². The Morgan fingerprint density at radius 3 is 3.13 bits per heavy atom.